The first-order chi connectivity index (χ1) is 14.4. The maximum absolute atomic E-state index is 2.54. The lowest BCUT2D eigenvalue weighted by Crippen LogP contribution is -2.06. The van der Waals surface area contributed by atoms with Crippen molar-refractivity contribution in [2.24, 2.45) is 5.92 Å². The predicted molar refractivity (Wildman–Crippen MR) is 123 cm³/mol. The standard InChI is InChI=1S/C29H26/c1-2-10-20-11-4-5-13-22(20)27-19-18-21(12-3-1)28(27)29-25-16-8-6-14-23(25)24-15-7-9-17-26(24)29/h4-9,11,13-17,19,21H,1-3,10,12,18H2/t21-/m1/s1. The maximum Gasteiger partial charge on any atom is -0.00578 e. The van der Waals surface area contributed by atoms with E-state index in [4.69, 9.17) is 0 Å². The zero-order chi connectivity index (χ0) is 19.2. The fourth-order valence-corrected chi connectivity index (χ4v) is 5.76. The van der Waals surface area contributed by atoms with Gasteiger partial charge in [0.2, 0.25) is 0 Å². The van der Waals surface area contributed by atoms with Crippen molar-refractivity contribution in [2.45, 2.75) is 38.5 Å². The summed E-state index contributed by atoms with van der Waals surface area (Å²) in [5.74, 6) is 0.644. The number of allylic oxidation sites excluding steroid dienone is 3. The molecule has 29 heavy (non-hydrogen) atoms. The van der Waals surface area contributed by atoms with E-state index in [1.54, 1.807) is 5.57 Å². The van der Waals surface area contributed by atoms with E-state index in [1.165, 1.54) is 83.1 Å². The molecule has 0 spiro atoms. The van der Waals surface area contributed by atoms with E-state index >= 15 is 0 Å². The summed E-state index contributed by atoms with van der Waals surface area (Å²) in [4.78, 5) is 0. The van der Waals surface area contributed by atoms with Crippen molar-refractivity contribution in [2.75, 3.05) is 0 Å². The van der Waals surface area contributed by atoms with Gasteiger partial charge in [-0.15, -0.1) is 0 Å². The van der Waals surface area contributed by atoms with Crippen molar-refractivity contribution in [1.82, 2.24) is 0 Å². The quantitative estimate of drug-likeness (QED) is 0.296. The van der Waals surface area contributed by atoms with Crippen LogP contribution in [0.2, 0.25) is 0 Å². The van der Waals surface area contributed by atoms with E-state index < -0.39 is 0 Å². The lowest BCUT2D eigenvalue weighted by atomic mass is 9.81. The fraction of sp³-hybridized carbons (Fsp3) is 0.241. The molecule has 3 aliphatic carbocycles. The summed E-state index contributed by atoms with van der Waals surface area (Å²) >= 11 is 0. The van der Waals surface area contributed by atoms with Gasteiger partial charge in [-0.1, -0.05) is 91.7 Å². The molecule has 0 fully saturated rings. The van der Waals surface area contributed by atoms with Crippen LogP contribution in [0.15, 0.2) is 84.4 Å². The van der Waals surface area contributed by atoms with Crippen molar-refractivity contribution in [3.8, 4) is 11.1 Å². The van der Waals surface area contributed by atoms with Gasteiger partial charge in [-0.25, -0.2) is 0 Å². The van der Waals surface area contributed by atoms with Crippen molar-refractivity contribution in [3.63, 3.8) is 0 Å². The molecule has 0 nitrogen and oxygen atoms in total. The monoisotopic (exact) mass is 374 g/mol. The Bertz CT molecular complexity index is 1110. The zero-order valence-corrected chi connectivity index (χ0v) is 16.8. The van der Waals surface area contributed by atoms with Crippen LogP contribution in [0.5, 0.6) is 0 Å². The molecule has 1 atom stereocenters. The molecule has 2 bridgehead atoms. The Morgan fingerprint density at radius 3 is 1.93 bits per heavy atom. The molecule has 0 unspecified atom stereocenters. The van der Waals surface area contributed by atoms with Crippen LogP contribution in [0.4, 0.5) is 0 Å². The molecule has 0 N–H and O–H groups in total. The van der Waals surface area contributed by atoms with Crippen molar-refractivity contribution in [3.05, 3.63) is 107 Å². The van der Waals surface area contributed by atoms with Gasteiger partial charge in [0.05, 0.1) is 0 Å². The third kappa shape index (κ3) is 2.66. The van der Waals surface area contributed by atoms with Crippen LogP contribution < -0.4 is 0 Å². The maximum atomic E-state index is 2.54. The summed E-state index contributed by atoms with van der Waals surface area (Å²) in [6.07, 6.45) is 10.2. The van der Waals surface area contributed by atoms with Gasteiger partial charge in [0.25, 0.3) is 0 Å². The first kappa shape index (κ1) is 17.0. The Kier molecular flexibility index (Phi) is 4.04. The van der Waals surface area contributed by atoms with Crippen LogP contribution in [-0.2, 0) is 6.42 Å². The number of hydrogen-bond acceptors (Lipinski definition) is 0. The Labute approximate surface area is 173 Å². The van der Waals surface area contributed by atoms with Gasteiger partial charge in [-0.05, 0) is 81.7 Å². The molecular weight excluding hydrogens is 348 g/mol. The highest BCUT2D eigenvalue weighted by atomic mass is 14.4. The highest BCUT2D eigenvalue weighted by Crippen LogP contribution is 2.53. The van der Waals surface area contributed by atoms with Crippen molar-refractivity contribution >= 4 is 11.1 Å². The second-order valence-electron chi connectivity index (χ2n) is 8.69. The molecule has 0 heteroatoms. The molecule has 0 amide bonds. The van der Waals surface area contributed by atoms with Crippen LogP contribution >= 0.6 is 0 Å². The lowest BCUT2D eigenvalue weighted by molar-refractivity contribution is 0.534. The van der Waals surface area contributed by atoms with Gasteiger partial charge in [0.1, 0.15) is 0 Å². The third-order valence-electron chi connectivity index (χ3n) is 7.06. The molecule has 6 rings (SSSR count). The molecular formula is C29H26. The van der Waals surface area contributed by atoms with Gasteiger partial charge >= 0.3 is 0 Å². The summed E-state index contributed by atoms with van der Waals surface area (Å²) in [5, 5.41) is 0. The Morgan fingerprint density at radius 2 is 1.21 bits per heavy atom. The topological polar surface area (TPSA) is 0 Å². The molecule has 3 aliphatic rings. The van der Waals surface area contributed by atoms with E-state index in [2.05, 4.69) is 78.9 Å². The molecule has 0 heterocycles. The molecule has 0 saturated carbocycles. The fourth-order valence-electron chi connectivity index (χ4n) is 5.76. The molecule has 142 valence electrons. The smallest absolute Gasteiger partial charge is 0.00578 e. The summed E-state index contributed by atoms with van der Waals surface area (Å²) in [6, 6.07) is 27.2. The minimum absolute atomic E-state index is 0.644. The highest BCUT2D eigenvalue weighted by molar-refractivity contribution is 6.07. The second kappa shape index (κ2) is 6.88. The SMILES string of the molecule is C1=C2C(=C3c4ccccc4-c4ccccc43)[C@@H](C1)CCCCCc1ccccc12. The van der Waals surface area contributed by atoms with E-state index in [1.807, 2.05) is 0 Å². The highest BCUT2D eigenvalue weighted by Gasteiger charge is 2.33. The van der Waals surface area contributed by atoms with Crippen LogP contribution in [-0.4, -0.2) is 0 Å². The number of aryl methyl sites for hydroxylation is 1. The molecule has 0 radical (unpaired) electrons. The van der Waals surface area contributed by atoms with Gasteiger partial charge < -0.3 is 0 Å². The van der Waals surface area contributed by atoms with E-state index in [9.17, 15) is 0 Å². The molecule has 0 aliphatic heterocycles. The van der Waals surface area contributed by atoms with E-state index in [0.29, 0.717) is 5.92 Å². The average molecular weight is 375 g/mol. The van der Waals surface area contributed by atoms with Crippen LogP contribution in [0.3, 0.4) is 0 Å². The third-order valence-corrected chi connectivity index (χ3v) is 7.06. The predicted octanol–water partition coefficient (Wildman–Crippen LogP) is 7.69. The van der Waals surface area contributed by atoms with Crippen LogP contribution in [0.25, 0.3) is 22.3 Å². The van der Waals surface area contributed by atoms with Gasteiger partial charge in [-0.3, -0.25) is 0 Å². The van der Waals surface area contributed by atoms with Crippen molar-refractivity contribution < 1.29 is 0 Å². The number of rotatable bonds is 0. The van der Waals surface area contributed by atoms with E-state index in [0.717, 1.165) is 0 Å². The molecule has 3 aromatic carbocycles. The number of fused-ring (bicyclic) bond motifs is 7. The average Bonchev–Trinajstić information content (AvgIpc) is 3.31. The van der Waals surface area contributed by atoms with Crippen molar-refractivity contribution in [1.29, 1.82) is 0 Å². The van der Waals surface area contributed by atoms with Crippen LogP contribution in [0, 0.1) is 5.92 Å². The molecule has 0 saturated heterocycles. The summed E-state index contributed by atoms with van der Waals surface area (Å²) in [7, 11) is 0. The number of benzene rings is 3. The number of hydrogen-bond donors (Lipinski definition) is 0. The second-order valence-corrected chi connectivity index (χ2v) is 8.69. The first-order valence-corrected chi connectivity index (χ1v) is 11.1. The van der Waals surface area contributed by atoms with Gasteiger partial charge in [-0.2, -0.15) is 0 Å². The Hall–Kier alpha value is -2.86. The van der Waals surface area contributed by atoms with Crippen LogP contribution in [0.1, 0.15) is 54.4 Å². The molecule has 3 aromatic rings. The van der Waals surface area contributed by atoms with Gasteiger partial charge in [0, 0.05) is 0 Å². The first-order valence-electron chi connectivity index (χ1n) is 11.1. The molecule has 0 aromatic heterocycles. The largest absolute Gasteiger partial charge is 0.0757 e. The summed E-state index contributed by atoms with van der Waals surface area (Å²) < 4.78 is 0. The minimum Gasteiger partial charge on any atom is -0.0757 e. The van der Waals surface area contributed by atoms with E-state index in [-0.39, 0.29) is 0 Å². The summed E-state index contributed by atoms with van der Waals surface area (Å²) in [6.45, 7) is 0. The normalized spacial score (nSPS) is 20.0. The zero-order valence-electron chi connectivity index (χ0n) is 16.8. The van der Waals surface area contributed by atoms with Gasteiger partial charge in [0.15, 0.2) is 0 Å². The summed E-state index contributed by atoms with van der Waals surface area (Å²) in [5.41, 5.74) is 13.3. The Balaban J connectivity index is 1.66. The minimum atomic E-state index is 0.644. The Morgan fingerprint density at radius 1 is 0.586 bits per heavy atom. The lowest BCUT2D eigenvalue weighted by Gasteiger charge is -2.23.